The van der Waals surface area contributed by atoms with Crippen molar-refractivity contribution in [2.24, 2.45) is 0 Å². The van der Waals surface area contributed by atoms with Gasteiger partial charge in [0.2, 0.25) is 5.91 Å². The number of halogens is 2. The van der Waals surface area contributed by atoms with Gasteiger partial charge in [0.05, 0.1) is 0 Å². The molecule has 0 radical (unpaired) electrons. The number of amides is 2. The summed E-state index contributed by atoms with van der Waals surface area (Å²) in [5.41, 5.74) is -0.348. The van der Waals surface area contributed by atoms with Gasteiger partial charge in [-0.05, 0) is 19.1 Å². The summed E-state index contributed by atoms with van der Waals surface area (Å²) in [5.74, 6) is -2.24. The minimum absolute atomic E-state index is 0.0290. The first-order chi connectivity index (χ1) is 10.7. The lowest BCUT2D eigenvalue weighted by atomic mass is 10.1. The number of hydrogen-bond acceptors (Lipinski definition) is 3. The zero-order valence-corrected chi connectivity index (χ0v) is 12.8. The van der Waals surface area contributed by atoms with Crippen molar-refractivity contribution in [3.8, 4) is 0 Å². The molecule has 8 heteroatoms. The molecule has 0 aromatic heterocycles. The molecule has 126 valence electrons. The highest BCUT2D eigenvalue weighted by Gasteiger charge is 2.26. The normalized spacial score (nSPS) is 11.9. The quantitative estimate of drug-likeness (QED) is 0.797. The van der Waals surface area contributed by atoms with Crippen molar-refractivity contribution in [2.75, 3.05) is 13.1 Å². The highest BCUT2D eigenvalue weighted by atomic mass is 19.3. The van der Waals surface area contributed by atoms with E-state index in [9.17, 15) is 23.2 Å². The van der Waals surface area contributed by atoms with Crippen LogP contribution < -0.4 is 5.32 Å². The number of carboxylic acid groups (broad SMARTS) is 1. The van der Waals surface area contributed by atoms with E-state index in [0.717, 1.165) is 11.0 Å². The summed E-state index contributed by atoms with van der Waals surface area (Å²) in [7, 11) is 0. The van der Waals surface area contributed by atoms with E-state index < -0.39 is 24.3 Å². The van der Waals surface area contributed by atoms with Crippen molar-refractivity contribution >= 4 is 17.8 Å². The number of aliphatic carboxylic acids is 1. The van der Waals surface area contributed by atoms with Crippen molar-refractivity contribution in [3.63, 3.8) is 0 Å². The molecule has 0 aliphatic carbocycles. The van der Waals surface area contributed by atoms with Crippen LogP contribution in [-0.4, -0.2) is 46.9 Å². The van der Waals surface area contributed by atoms with Crippen molar-refractivity contribution in [3.05, 3.63) is 35.4 Å². The summed E-state index contributed by atoms with van der Waals surface area (Å²) in [6.45, 7) is 2.61. The third-order valence-electron chi connectivity index (χ3n) is 3.20. The van der Waals surface area contributed by atoms with Crippen molar-refractivity contribution < 1.29 is 28.3 Å². The molecule has 0 aliphatic heterocycles. The molecule has 6 nitrogen and oxygen atoms in total. The Bertz CT molecular complexity index is 593. The van der Waals surface area contributed by atoms with Gasteiger partial charge in [0.25, 0.3) is 12.3 Å². The van der Waals surface area contributed by atoms with Crippen LogP contribution in [0.4, 0.5) is 8.78 Å². The van der Waals surface area contributed by atoms with Crippen LogP contribution in [-0.2, 0) is 9.59 Å². The molecular weight excluding hydrogens is 310 g/mol. The van der Waals surface area contributed by atoms with E-state index in [1.54, 1.807) is 0 Å². The van der Waals surface area contributed by atoms with Gasteiger partial charge in [-0.3, -0.25) is 9.59 Å². The Morgan fingerprint density at radius 1 is 1.30 bits per heavy atom. The van der Waals surface area contributed by atoms with Crippen LogP contribution in [0.3, 0.4) is 0 Å². The lowest BCUT2D eigenvalue weighted by molar-refractivity contribution is -0.141. The van der Waals surface area contributed by atoms with Crippen LogP contribution in [0.5, 0.6) is 0 Å². The van der Waals surface area contributed by atoms with Gasteiger partial charge >= 0.3 is 5.97 Å². The Kier molecular flexibility index (Phi) is 6.62. The zero-order valence-electron chi connectivity index (χ0n) is 12.8. The maximum absolute atomic E-state index is 12.7. The first-order valence-corrected chi connectivity index (χ1v) is 6.90. The van der Waals surface area contributed by atoms with Gasteiger partial charge in [0.15, 0.2) is 0 Å². The van der Waals surface area contributed by atoms with Gasteiger partial charge < -0.3 is 15.3 Å². The van der Waals surface area contributed by atoms with E-state index in [0.29, 0.717) is 0 Å². The highest BCUT2D eigenvalue weighted by molar-refractivity contribution is 5.96. The van der Waals surface area contributed by atoms with Crippen molar-refractivity contribution in [2.45, 2.75) is 26.3 Å². The predicted octanol–water partition coefficient (Wildman–Crippen LogP) is 1.68. The number of alkyl halides is 2. The smallest absolute Gasteiger partial charge is 0.326 e. The number of carbonyl (C=O) groups is 3. The summed E-state index contributed by atoms with van der Waals surface area (Å²) in [5, 5.41) is 11.6. The first-order valence-electron chi connectivity index (χ1n) is 6.90. The predicted molar refractivity (Wildman–Crippen MR) is 78.2 cm³/mol. The van der Waals surface area contributed by atoms with Crippen LogP contribution in [0.25, 0.3) is 0 Å². The Labute approximate surface area is 132 Å². The number of carboxylic acids is 1. The molecule has 23 heavy (non-hydrogen) atoms. The molecular formula is C15H18F2N2O4. The van der Waals surface area contributed by atoms with E-state index in [4.69, 9.17) is 5.11 Å². The molecule has 2 amide bonds. The Balaban J connectivity index is 3.00. The summed E-state index contributed by atoms with van der Waals surface area (Å²) in [6, 6.07) is 3.71. The lowest BCUT2D eigenvalue weighted by Gasteiger charge is -2.26. The second-order valence-electron chi connectivity index (χ2n) is 4.92. The Morgan fingerprint density at radius 2 is 1.96 bits per heavy atom. The standard InChI is InChI=1S/C15H18F2N2O4/c1-9(15(22)23)19(7-6-18-10(2)20)14(21)12-5-3-4-11(8-12)13(16)17/h3-5,8-9,13H,6-7H2,1-2H3,(H,18,20)(H,22,23). The fourth-order valence-corrected chi connectivity index (χ4v) is 1.93. The Hall–Kier alpha value is -2.51. The molecule has 1 unspecified atom stereocenters. The molecule has 0 fully saturated rings. The average Bonchev–Trinajstić information content (AvgIpc) is 2.50. The van der Waals surface area contributed by atoms with Crippen molar-refractivity contribution in [1.29, 1.82) is 0 Å². The average molecular weight is 328 g/mol. The van der Waals surface area contributed by atoms with Crippen LogP contribution in [0, 0.1) is 0 Å². The SMILES string of the molecule is CC(=O)NCCN(C(=O)c1cccc(C(F)F)c1)C(C)C(=O)O. The molecule has 1 aromatic carbocycles. The molecule has 0 spiro atoms. The summed E-state index contributed by atoms with van der Waals surface area (Å²) < 4.78 is 25.4. The van der Waals surface area contributed by atoms with Crippen LogP contribution in [0.15, 0.2) is 24.3 Å². The summed E-state index contributed by atoms with van der Waals surface area (Å²) >= 11 is 0. The first kappa shape index (κ1) is 18.5. The zero-order chi connectivity index (χ0) is 17.6. The lowest BCUT2D eigenvalue weighted by Crippen LogP contribution is -2.46. The molecule has 1 aromatic rings. The molecule has 1 rings (SSSR count). The largest absolute Gasteiger partial charge is 0.480 e. The second kappa shape index (κ2) is 8.21. The topological polar surface area (TPSA) is 86.7 Å². The van der Waals surface area contributed by atoms with E-state index in [1.165, 1.54) is 32.0 Å². The molecule has 0 bridgehead atoms. The summed E-state index contributed by atoms with van der Waals surface area (Å²) in [6.07, 6.45) is -2.73. The fourth-order valence-electron chi connectivity index (χ4n) is 1.93. The van der Waals surface area contributed by atoms with E-state index in [2.05, 4.69) is 5.32 Å². The minimum atomic E-state index is -2.73. The number of benzene rings is 1. The molecule has 0 heterocycles. The molecule has 1 atom stereocenters. The third-order valence-corrected chi connectivity index (χ3v) is 3.20. The second-order valence-corrected chi connectivity index (χ2v) is 4.92. The van der Waals surface area contributed by atoms with E-state index in [1.807, 2.05) is 0 Å². The van der Waals surface area contributed by atoms with Gasteiger partial charge in [0, 0.05) is 31.1 Å². The molecule has 0 saturated heterocycles. The maximum atomic E-state index is 12.7. The third kappa shape index (κ3) is 5.32. The van der Waals surface area contributed by atoms with Gasteiger partial charge in [-0.25, -0.2) is 13.6 Å². The molecule has 0 aliphatic rings. The van der Waals surface area contributed by atoms with Crippen molar-refractivity contribution in [1.82, 2.24) is 10.2 Å². The van der Waals surface area contributed by atoms with Gasteiger partial charge in [-0.1, -0.05) is 12.1 Å². The van der Waals surface area contributed by atoms with Crippen LogP contribution in [0.1, 0.15) is 36.2 Å². The maximum Gasteiger partial charge on any atom is 0.326 e. The fraction of sp³-hybridized carbons (Fsp3) is 0.400. The number of nitrogens with zero attached hydrogens (tertiary/aromatic N) is 1. The van der Waals surface area contributed by atoms with E-state index >= 15 is 0 Å². The van der Waals surface area contributed by atoms with Gasteiger partial charge in [0.1, 0.15) is 6.04 Å². The van der Waals surface area contributed by atoms with E-state index in [-0.39, 0.29) is 30.1 Å². The van der Waals surface area contributed by atoms with Gasteiger partial charge in [-0.15, -0.1) is 0 Å². The highest BCUT2D eigenvalue weighted by Crippen LogP contribution is 2.20. The van der Waals surface area contributed by atoms with Crippen LogP contribution >= 0.6 is 0 Å². The van der Waals surface area contributed by atoms with Crippen LogP contribution in [0.2, 0.25) is 0 Å². The summed E-state index contributed by atoms with van der Waals surface area (Å²) in [4.78, 5) is 35.5. The number of rotatable bonds is 7. The number of hydrogen-bond donors (Lipinski definition) is 2. The monoisotopic (exact) mass is 328 g/mol. The number of carbonyl (C=O) groups excluding carboxylic acids is 2. The molecule has 0 saturated carbocycles. The number of nitrogens with one attached hydrogen (secondary N) is 1. The Morgan fingerprint density at radius 3 is 2.48 bits per heavy atom. The van der Waals surface area contributed by atoms with Gasteiger partial charge in [-0.2, -0.15) is 0 Å². The minimum Gasteiger partial charge on any atom is -0.480 e. The molecule has 2 N–H and O–H groups in total.